The normalized spacial score (nSPS) is 10.8. The summed E-state index contributed by atoms with van der Waals surface area (Å²) in [6.07, 6.45) is 0.990. The molecule has 1 heterocycles. The maximum atomic E-state index is 9.24. The standard InChI is InChI=1S/C13H17N3O/c1-3-7-16-12(9-17)14-15-13(16)11-6-4-5-10(2)8-11/h4-6,8,17H,3,7,9H2,1-2H3. The van der Waals surface area contributed by atoms with Gasteiger partial charge in [0.25, 0.3) is 0 Å². The summed E-state index contributed by atoms with van der Waals surface area (Å²) in [6, 6.07) is 8.16. The van der Waals surface area contributed by atoms with E-state index in [1.54, 1.807) is 0 Å². The Hall–Kier alpha value is -1.68. The van der Waals surface area contributed by atoms with Crippen LogP contribution in [0.4, 0.5) is 0 Å². The van der Waals surface area contributed by atoms with Crippen molar-refractivity contribution in [3.05, 3.63) is 35.7 Å². The van der Waals surface area contributed by atoms with Crippen LogP contribution in [0, 0.1) is 6.92 Å². The van der Waals surface area contributed by atoms with E-state index in [4.69, 9.17) is 0 Å². The highest BCUT2D eigenvalue weighted by Crippen LogP contribution is 2.19. The van der Waals surface area contributed by atoms with Crippen LogP contribution in [0.15, 0.2) is 24.3 Å². The highest BCUT2D eigenvalue weighted by molar-refractivity contribution is 5.56. The molecule has 1 aromatic heterocycles. The molecule has 0 saturated carbocycles. The van der Waals surface area contributed by atoms with E-state index in [1.165, 1.54) is 5.56 Å². The van der Waals surface area contributed by atoms with Crippen LogP contribution >= 0.6 is 0 Å². The minimum Gasteiger partial charge on any atom is -0.388 e. The molecule has 2 rings (SSSR count). The lowest BCUT2D eigenvalue weighted by atomic mass is 10.1. The number of aromatic nitrogens is 3. The van der Waals surface area contributed by atoms with Crippen LogP contribution in [0.2, 0.25) is 0 Å². The van der Waals surface area contributed by atoms with Crippen molar-refractivity contribution in [3.63, 3.8) is 0 Å². The minimum absolute atomic E-state index is 0.0706. The number of rotatable bonds is 4. The summed E-state index contributed by atoms with van der Waals surface area (Å²) in [5, 5.41) is 17.4. The van der Waals surface area contributed by atoms with Crippen molar-refractivity contribution in [2.24, 2.45) is 0 Å². The van der Waals surface area contributed by atoms with Crippen LogP contribution in [0.1, 0.15) is 24.7 Å². The van der Waals surface area contributed by atoms with E-state index in [0.717, 1.165) is 24.4 Å². The lowest BCUT2D eigenvalue weighted by Crippen LogP contribution is -2.05. The van der Waals surface area contributed by atoms with Gasteiger partial charge in [-0.3, -0.25) is 0 Å². The van der Waals surface area contributed by atoms with Gasteiger partial charge in [0.15, 0.2) is 11.6 Å². The van der Waals surface area contributed by atoms with Crippen LogP contribution in [0.25, 0.3) is 11.4 Å². The molecule has 0 amide bonds. The molecule has 2 aromatic rings. The summed E-state index contributed by atoms with van der Waals surface area (Å²) in [5.41, 5.74) is 2.24. The molecule has 0 radical (unpaired) electrons. The van der Waals surface area contributed by atoms with Gasteiger partial charge in [-0.15, -0.1) is 10.2 Å². The SMILES string of the molecule is CCCn1c(CO)nnc1-c1cccc(C)c1. The molecule has 90 valence electrons. The summed E-state index contributed by atoms with van der Waals surface area (Å²) < 4.78 is 1.98. The molecule has 17 heavy (non-hydrogen) atoms. The number of benzene rings is 1. The maximum Gasteiger partial charge on any atom is 0.164 e. The van der Waals surface area contributed by atoms with Crippen LogP contribution < -0.4 is 0 Å². The third kappa shape index (κ3) is 2.36. The van der Waals surface area contributed by atoms with E-state index in [-0.39, 0.29) is 6.61 Å². The molecule has 0 saturated heterocycles. The number of aliphatic hydroxyl groups excluding tert-OH is 1. The minimum atomic E-state index is -0.0706. The third-order valence-electron chi connectivity index (χ3n) is 2.69. The first-order chi connectivity index (χ1) is 8.26. The number of nitrogens with zero attached hydrogens (tertiary/aromatic N) is 3. The van der Waals surface area contributed by atoms with Gasteiger partial charge in [-0.2, -0.15) is 0 Å². The van der Waals surface area contributed by atoms with Crippen molar-refractivity contribution in [2.45, 2.75) is 33.4 Å². The highest BCUT2D eigenvalue weighted by Gasteiger charge is 2.12. The molecule has 4 nitrogen and oxygen atoms in total. The van der Waals surface area contributed by atoms with Crippen molar-refractivity contribution >= 4 is 0 Å². The number of aliphatic hydroxyl groups is 1. The molecule has 4 heteroatoms. The second kappa shape index (κ2) is 5.10. The van der Waals surface area contributed by atoms with Gasteiger partial charge in [-0.1, -0.05) is 30.7 Å². The quantitative estimate of drug-likeness (QED) is 0.877. The maximum absolute atomic E-state index is 9.24. The summed E-state index contributed by atoms with van der Waals surface area (Å²) in [6.45, 7) is 4.91. The van der Waals surface area contributed by atoms with Crippen LogP contribution in [0.5, 0.6) is 0 Å². The van der Waals surface area contributed by atoms with Gasteiger partial charge in [0.2, 0.25) is 0 Å². The van der Waals surface area contributed by atoms with Crippen molar-refractivity contribution in [3.8, 4) is 11.4 Å². The van der Waals surface area contributed by atoms with Gasteiger partial charge in [0.05, 0.1) is 0 Å². The predicted octanol–water partition coefficient (Wildman–Crippen LogP) is 2.16. The van der Waals surface area contributed by atoms with E-state index in [9.17, 15) is 5.11 Å². The lowest BCUT2D eigenvalue weighted by molar-refractivity contribution is 0.264. The van der Waals surface area contributed by atoms with E-state index in [0.29, 0.717) is 5.82 Å². The predicted molar refractivity (Wildman–Crippen MR) is 66.4 cm³/mol. The smallest absolute Gasteiger partial charge is 0.164 e. The Labute approximate surface area is 101 Å². The fourth-order valence-corrected chi connectivity index (χ4v) is 1.91. The molecular weight excluding hydrogens is 214 g/mol. The Morgan fingerprint density at radius 3 is 2.76 bits per heavy atom. The fourth-order valence-electron chi connectivity index (χ4n) is 1.91. The van der Waals surface area contributed by atoms with Gasteiger partial charge in [0, 0.05) is 12.1 Å². The fraction of sp³-hybridized carbons (Fsp3) is 0.385. The van der Waals surface area contributed by atoms with Crippen molar-refractivity contribution in [2.75, 3.05) is 0 Å². The van der Waals surface area contributed by atoms with Gasteiger partial charge in [-0.05, 0) is 19.4 Å². The zero-order chi connectivity index (χ0) is 12.3. The van der Waals surface area contributed by atoms with Crippen molar-refractivity contribution in [1.29, 1.82) is 0 Å². The summed E-state index contributed by atoms with van der Waals surface area (Å²) in [5.74, 6) is 1.46. The Balaban J connectivity index is 2.47. The van der Waals surface area contributed by atoms with E-state index < -0.39 is 0 Å². The first-order valence-corrected chi connectivity index (χ1v) is 5.86. The zero-order valence-electron chi connectivity index (χ0n) is 10.2. The average Bonchev–Trinajstić information content (AvgIpc) is 2.72. The largest absolute Gasteiger partial charge is 0.388 e. The Kier molecular flexibility index (Phi) is 3.54. The monoisotopic (exact) mass is 231 g/mol. The molecular formula is C13H17N3O. The summed E-state index contributed by atoms with van der Waals surface area (Å²) in [4.78, 5) is 0. The summed E-state index contributed by atoms with van der Waals surface area (Å²) in [7, 11) is 0. The van der Waals surface area contributed by atoms with Gasteiger partial charge < -0.3 is 9.67 Å². The first-order valence-electron chi connectivity index (χ1n) is 5.86. The Morgan fingerprint density at radius 2 is 2.12 bits per heavy atom. The molecule has 0 bridgehead atoms. The van der Waals surface area contributed by atoms with Crippen molar-refractivity contribution < 1.29 is 5.11 Å². The van der Waals surface area contributed by atoms with Crippen LogP contribution in [-0.2, 0) is 13.2 Å². The van der Waals surface area contributed by atoms with Crippen LogP contribution in [-0.4, -0.2) is 19.9 Å². The molecule has 0 unspecified atom stereocenters. The topological polar surface area (TPSA) is 50.9 Å². The Morgan fingerprint density at radius 1 is 1.29 bits per heavy atom. The molecule has 0 spiro atoms. The highest BCUT2D eigenvalue weighted by atomic mass is 16.3. The van der Waals surface area contributed by atoms with Crippen molar-refractivity contribution in [1.82, 2.24) is 14.8 Å². The van der Waals surface area contributed by atoms with E-state index in [2.05, 4.69) is 36.2 Å². The molecule has 0 atom stereocenters. The number of aryl methyl sites for hydroxylation is 1. The molecule has 0 aliphatic carbocycles. The van der Waals surface area contributed by atoms with Gasteiger partial charge in [0.1, 0.15) is 6.61 Å². The second-order valence-corrected chi connectivity index (χ2v) is 4.12. The molecule has 0 fully saturated rings. The lowest BCUT2D eigenvalue weighted by Gasteiger charge is -2.08. The summed E-state index contributed by atoms with van der Waals surface area (Å²) >= 11 is 0. The van der Waals surface area contributed by atoms with Gasteiger partial charge in [-0.25, -0.2) is 0 Å². The second-order valence-electron chi connectivity index (χ2n) is 4.12. The molecule has 0 aliphatic rings. The van der Waals surface area contributed by atoms with Crippen LogP contribution in [0.3, 0.4) is 0 Å². The molecule has 0 aliphatic heterocycles. The number of hydrogen-bond donors (Lipinski definition) is 1. The number of hydrogen-bond acceptors (Lipinski definition) is 3. The van der Waals surface area contributed by atoms with Gasteiger partial charge >= 0.3 is 0 Å². The molecule has 1 N–H and O–H groups in total. The van der Waals surface area contributed by atoms with E-state index >= 15 is 0 Å². The van der Waals surface area contributed by atoms with E-state index in [1.807, 2.05) is 16.7 Å². The molecule has 1 aromatic carbocycles. The first kappa shape index (κ1) is 11.8. The zero-order valence-corrected chi connectivity index (χ0v) is 10.2. The Bertz CT molecular complexity index is 505. The average molecular weight is 231 g/mol. The third-order valence-corrected chi connectivity index (χ3v) is 2.69.